The van der Waals surface area contributed by atoms with Gasteiger partial charge < -0.3 is 15.0 Å². The first-order valence-electron chi connectivity index (χ1n) is 8.71. The molecule has 2 aromatic carbocycles. The molecule has 132 valence electrons. The van der Waals surface area contributed by atoms with Crippen molar-refractivity contribution in [1.82, 2.24) is 10.3 Å². The van der Waals surface area contributed by atoms with E-state index in [2.05, 4.69) is 15.3 Å². The molecule has 3 aromatic rings. The third-order valence-electron chi connectivity index (χ3n) is 4.80. The summed E-state index contributed by atoms with van der Waals surface area (Å²) in [7, 11) is 0. The predicted molar refractivity (Wildman–Crippen MR) is 101 cm³/mol. The largest absolute Gasteiger partial charge is 0.402 e. The van der Waals surface area contributed by atoms with Crippen LogP contribution in [0.2, 0.25) is 0 Å². The van der Waals surface area contributed by atoms with Gasteiger partial charge in [0, 0.05) is 28.6 Å². The highest BCUT2D eigenvalue weighted by molar-refractivity contribution is 6.17. The topological polar surface area (TPSA) is 83.5 Å². The molecule has 6 nitrogen and oxygen atoms in total. The van der Waals surface area contributed by atoms with Crippen molar-refractivity contribution in [2.75, 3.05) is 6.54 Å². The van der Waals surface area contributed by atoms with Crippen LogP contribution >= 0.6 is 0 Å². The lowest BCUT2D eigenvalue weighted by Gasteiger charge is -2.05. The molecule has 2 aliphatic heterocycles. The molecule has 27 heavy (non-hydrogen) atoms. The zero-order chi connectivity index (χ0) is 18.4. The molecule has 1 aromatic heterocycles. The molecule has 2 aliphatic rings. The average Bonchev–Trinajstić information content (AvgIpc) is 3.23. The molecule has 0 atom stereocenters. The Labute approximate surface area is 154 Å². The molecule has 3 heterocycles. The van der Waals surface area contributed by atoms with Crippen molar-refractivity contribution in [2.45, 2.75) is 6.42 Å². The number of benzene rings is 2. The van der Waals surface area contributed by atoms with Crippen molar-refractivity contribution in [3.05, 3.63) is 77.1 Å². The number of H-pyrrole nitrogens is 1. The lowest BCUT2D eigenvalue weighted by Crippen LogP contribution is -2.22. The van der Waals surface area contributed by atoms with E-state index in [1.54, 1.807) is 0 Å². The van der Waals surface area contributed by atoms with Crippen LogP contribution in [-0.4, -0.2) is 29.3 Å². The first-order valence-corrected chi connectivity index (χ1v) is 8.71. The number of rotatable bonds is 1. The Bertz CT molecular complexity index is 1160. The third-order valence-corrected chi connectivity index (χ3v) is 4.80. The summed E-state index contributed by atoms with van der Waals surface area (Å²) in [5.74, 6) is -0.391. The number of hydrogen-bond donors (Lipinski definition) is 2. The summed E-state index contributed by atoms with van der Waals surface area (Å²) in [5, 5.41) is 3.76. The Morgan fingerprint density at radius 1 is 0.963 bits per heavy atom. The van der Waals surface area contributed by atoms with Gasteiger partial charge in [-0.1, -0.05) is 36.4 Å². The van der Waals surface area contributed by atoms with Crippen molar-refractivity contribution in [1.29, 1.82) is 0 Å². The predicted octanol–water partition coefficient (Wildman–Crippen LogP) is 3.02. The van der Waals surface area contributed by atoms with Gasteiger partial charge in [0.1, 0.15) is 5.69 Å². The normalized spacial score (nSPS) is 19.3. The SMILES string of the molecule is O=C1OC(c2ccccc2)=N/C1=C1/CCNC(=O)c2[nH]c3ccccc3c21. The molecule has 0 spiro atoms. The number of aromatic amines is 1. The molecule has 6 heteroatoms. The zero-order valence-electron chi connectivity index (χ0n) is 14.3. The molecule has 0 bridgehead atoms. The van der Waals surface area contributed by atoms with Gasteiger partial charge in [-0.15, -0.1) is 0 Å². The van der Waals surface area contributed by atoms with E-state index in [1.165, 1.54) is 0 Å². The highest BCUT2D eigenvalue weighted by Crippen LogP contribution is 2.36. The lowest BCUT2D eigenvalue weighted by atomic mass is 9.98. The van der Waals surface area contributed by atoms with E-state index in [9.17, 15) is 9.59 Å². The van der Waals surface area contributed by atoms with Crippen LogP contribution in [0, 0.1) is 0 Å². The van der Waals surface area contributed by atoms with Crippen LogP contribution in [0.15, 0.2) is 65.3 Å². The fraction of sp³-hybridized carbons (Fsp3) is 0.0952. The van der Waals surface area contributed by atoms with Crippen molar-refractivity contribution in [2.24, 2.45) is 4.99 Å². The second-order valence-electron chi connectivity index (χ2n) is 6.43. The molecule has 0 saturated carbocycles. The molecule has 5 rings (SSSR count). The number of cyclic esters (lactones) is 1. The molecule has 1 amide bonds. The minimum Gasteiger partial charge on any atom is -0.402 e. The van der Waals surface area contributed by atoms with Crippen LogP contribution in [0.3, 0.4) is 0 Å². The van der Waals surface area contributed by atoms with E-state index in [-0.39, 0.29) is 17.5 Å². The fourth-order valence-electron chi connectivity index (χ4n) is 3.58. The molecule has 0 saturated heterocycles. The van der Waals surface area contributed by atoms with E-state index in [0.717, 1.165) is 27.6 Å². The summed E-state index contributed by atoms with van der Waals surface area (Å²) in [6.45, 7) is 0.429. The summed E-state index contributed by atoms with van der Waals surface area (Å²) < 4.78 is 5.42. The van der Waals surface area contributed by atoms with Gasteiger partial charge in [0.15, 0.2) is 5.70 Å². The van der Waals surface area contributed by atoms with E-state index in [0.29, 0.717) is 18.7 Å². The van der Waals surface area contributed by atoms with Gasteiger partial charge in [0.2, 0.25) is 5.90 Å². The number of amides is 1. The first kappa shape index (κ1) is 15.6. The quantitative estimate of drug-likeness (QED) is 0.519. The van der Waals surface area contributed by atoms with Crippen LogP contribution < -0.4 is 5.32 Å². The van der Waals surface area contributed by atoms with Gasteiger partial charge in [-0.25, -0.2) is 9.79 Å². The van der Waals surface area contributed by atoms with E-state index in [4.69, 9.17) is 4.74 Å². The number of carbonyl (C=O) groups is 2. The molecule has 0 fully saturated rings. The van der Waals surface area contributed by atoms with Gasteiger partial charge in [0.05, 0.1) is 0 Å². The second kappa shape index (κ2) is 5.95. The number of nitrogens with zero attached hydrogens (tertiary/aromatic N) is 1. The number of nitrogens with one attached hydrogen (secondary N) is 2. The highest BCUT2D eigenvalue weighted by atomic mass is 16.6. The minimum atomic E-state index is -0.491. The number of para-hydroxylation sites is 1. The van der Waals surface area contributed by atoms with E-state index in [1.807, 2.05) is 54.6 Å². The zero-order valence-corrected chi connectivity index (χ0v) is 14.3. The van der Waals surface area contributed by atoms with Crippen LogP contribution in [-0.2, 0) is 9.53 Å². The number of ether oxygens (including phenoxy) is 1. The van der Waals surface area contributed by atoms with Crippen LogP contribution in [0.5, 0.6) is 0 Å². The third kappa shape index (κ3) is 2.45. The van der Waals surface area contributed by atoms with Crippen LogP contribution in [0.4, 0.5) is 0 Å². The smallest absolute Gasteiger partial charge is 0.364 e. The molecular weight excluding hydrogens is 342 g/mol. The van der Waals surface area contributed by atoms with Crippen molar-refractivity contribution in [3.8, 4) is 0 Å². The van der Waals surface area contributed by atoms with Gasteiger partial charge in [-0.3, -0.25) is 4.79 Å². The second-order valence-corrected chi connectivity index (χ2v) is 6.43. The molecule has 0 unspecified atom stereocenters. The summed E-state index contributed by atoms with van der Waals surface area (Å²) in [6.07, 6.45) is 0.497. The Hall–Kier alpha value is -3.67. The summed E-state index contributed by atoms with van der Waals surface area (Å²) in [4.78, 5) is 32.8. The fourth-order valence-corrected chi connectivity index (χ4v) is 3.58. The Morgan fingerprint density at radius 3 is 2.59 bits per heavy atom. The van der Waals surface area contributed by atoms with Crippen molar-refractivity contribution < 1.29 is 14.3 Å². The number of hydrogen-bond acceptors (Lipinski definition) is 4. The highest BCUT2D eigenvalue weighted by Gasteiger charge is 2.32. The number of esters is 1. The maximum absolute atomic E-state index is 12.6. The van der Waals surface area contributed by atoms with Crippen molar-refractivity contribution >= 4 is 34.3 Å². The number of fused-ring (bicyclic) bond motifs is 3. The molecular formula is C21H15N3O3. The average molecular weight is 357 g/mol. The monoisotopic (exact) mass is 357 g/mol. The van der Waals surface area contributed by atoms with Gasteiger partial charge >= 0.3 is 5.97 Å². The van der Waals surface area contributed by atoms with E-state index >= 15 is 0 Å². The number of aliphatic imine (C=N–C) groups is 1. The van der Waals surface area contributed by atoms with Crippen LogP contribution in [0.25, 0.3) is 16.5 Å². The maximum Gasteiger partial charge on any atom is 0.364 e. The van der Waals surface area contributed by atoms with Gasteiger partial charge in [-0.05, 0) is 30.2 Å². The molecule has 2 N–H and O–H groups in total. The van der Waals surface area contributed by atoms with Gasteiger partial charge in [-0.2, -0.15) is 0 Å². The molecule has 0 aliphatic carbocycles. The van der Waals surface area contributed by atoms with Crippen LogP contribution in [0.1, 0.15) is 28.0 Å². The Morgan fingerprint density at radius 2 is 1.74 bits per heavy atom. The van der Waals surface area contributed by atoms with Crippen molar-refractivity contribution in [3.63, 3.8) is 0 Å². The number of aromatic nitrogens is 1. The minimum absolute atomic E-state index is 0.185. The van der Waals surface area contributed by atoms with E-state index < -0.39 is 5.97 Å². The maximum atomic E-state index is 12.6. The first-order chi connectivity index (χ1) is 13.2. The summed E-state index contributed by atoms with van der Waals surface area (Å²) in [5.41, 5.74) is 3.74. The van der Waals surface area contributed by atoms with Gasteiger partial charge in [0.25, 0.3) is 5.91 Å². The standard InChI is InChI=1S/C21H15N3O3/c25-19-18-16(13-8-4-5-9-15(13)23-18)14(10-11-22-19)17-21(26)27-20(24-17)12-6-2-1-3-7-12/h1-9,23H,10-11H2,(H,22,25)/b17-14-. The lowest BCUT2D eigenvalue weighted by molar-refractivity contribution is -0.129. The summed E-state index contributed by atoms with van der Waals surface area (Å²) >= 11 is 0. The Balaban J connectivity index is 1.75. The number of carbonyl (C=O) groups excluding carboxylic acids is 2. The Kier molecular flexibility index (Phi) is 3.43. The molecule has 0 radical (unpaired) electrons. The summed E-state index contributed by atoms with van der Waals surface area (Å²) in [6, 6.07) is 17.0.